The van der Waals surface area contributed by atoms with Gasteiger partial charge >= 0.3 is 17.9 Å². The van der Waals surface area contributed by atoms with Gasteiger partial charge in [-0.1, -0.05) is 12.7 Å². The van der Waals surface area contributed by atoms with Gasteiger partial charge in [-0.05, 0) is 13.8 Å². The van der Waals surface area contributed by atoms with Crippen LogP contribution in [0.2, 0.25) is 0 Å². The maximum absolute atomic E-state index is 10.3. The summed E-state index contributed by atoms with van der Waals surface area (Å²) >= 11 is 0. The van der Waals surface area contributed by atoms with Crippen LogP contribution >= 0.6 is 0 Å². The van der Waals surface area contributed by atoms with E-state index in [2.05, 4.69) is 11.3 Å². The molecule has 2 N–H and O–H groups in total. The van der Waals surface area contributed by atoms with Gasteiger partial charge in [-0.25, -0.2) is 14.4 Å². The summed E-state index contributed by atoms with van der Waals surface area (Å²) in [6.45, 7) is 6.03. The minimum atomic E-state index is -1.17. The van der Waals surface area contributed by atoms with Crippen molar-refractivity contribution >= 4 is 17.9 Å². The van der Waals surface area contributed by atoms with Crippen LogP contribution in [0.4, 0.5) is 0 Å². The molecule has 0 aliphatic rings. The number of hydrogen-bond donors (Lipinski definition) is 2. The Morgan fingerprint density at radius 3 is 2.00 bits per heavy atom. The number of rotatable bonds is 4. The largest absolute Gasteiger partial charge is 0.479 e. The lowest BCUT2D eigenvalue weighted by Gasteiger charge is -2.04. The van der Waals surface area contributed by atoms with Crippen molar-refractivity contribution < 1.29 is 29.3 Å². The van der Waals surface area contributed by atoms with E-state index in [9.17, 15) is 14.4 Å². The minimum absolute atomic E-state index is 0.727. The van der Waals surface area contributed by atoms with E-state index >= 15 is 0 Å². The summed E-state index contributed by atoms with van der Waals surface area (Å²) in [6, 6.07) is 0. The van der Waals surface area contributed by atoms with Crippen molar-refractivity contribution in [2.45, 2.75) is 20.0 Å². The fraction of sp³-hybridized carbons (Fsp3) is 0.300. The van der Waals surface area contributed by atoms with Gasteiger partial charge in [-0.2, -0.15) is 0 Å². The number of aliphatic carboxylic acids is 2. The van der Waals surface area contributed by atoms with E-state index in [1.54, 1.807) is 6.92 Å². The molecule has 6 nitrogen and oxygen atoms in total. The first-order valence-electron chi connectivity index (χ1n) is 4.26. The Kier molecular flexibility index (Phi) is 9.64. The van der Waals surface area contributed by atoms with Gasteiger partial charge in [-0.3, -0.25) is 0 Å². The maximum atomic E-state index is 10.3. The molecule has 0 saturated heterocycles. The van der Waals surface area contributed by atoms with E-state index in [0.29, 0.717) is 0 Å². The second-order valence-corrected chi connectivity index (χ2v) is 2.46. The number of hydrogen-bond acceptors (Lipinski definition) is 4. The smallest absolute Gasteiger partial charge is 0.344 e. The van der Waals surface area contributed by atoms with Crippen LogP contribution in [0.25, 0.3) is 0 Å². The quantitative estimate of drug-likeness (QED) is 0.548. The first-order valence-corrected chi connectivity index (χ1v) is 4.26. The molecule has 6 heteroatoms. The third kappa shape index (κ3) is 11.9. The standard InChI is InChI=1S/C6H8O4.C4H6O2/c1-3-5(7)10-4(2)6(8)9;1-2-3-4(5)6/h3-4H,1H2,2H3,(H,8,9);2-3H,1H3,(H,5,6)/b;3-2+. The minimum Gasteiger partial charge on any atom is -0.479 e. The van der Waals surface area contributed by atoms with Crippen molar-refractivity contribution in [3.63, 3.8) is 0 Å². The molecule has 0 fully saturated rings. The molecule has 0 heterocycles. The second kappa shape index (κ2) is 9.45. The SMILES string of the molecule is C/C=C/C(=O)O.C=CC(=O)OC(C)C(=O)O. The van der Waals surface area contributed by atoms with Gasteiger partial charge < -0.3 is 14.9 Å². The molecule has 0 bridgehead atoms. The summed E-state index contributed by atoms with van der Waals surface area (Å²) in [5, 5.41) is 16.0. The molecule has 0 spiro atoms. The molecule has 0 amide bonds. The molecule has 0 aromatic rings. The average Bonchev–Trinajstić information content (AvgIpc) is 2.18. The number of carboxylic acids is 2. The Morgan fingerprint density at radius 1 is 1.31 bits per heavy atom. The van der Waals surface area contributed by atoms with Crippen LogP contribution in [0.15, 0.2) is 24.8 Å². The van der Waals surface area contributed by atoms with E-state index < -0.39 is 24.0 Å². The Hall–Kier alpha value is -2.11. The second-order valence-electron chi connectivity index (χ2n) is 2.46. The number of allylic oxidation sites excluding steroid dienone is 1. The highest BCUT2D eigenvalue weighted by Gasteiger charge is 2.13. The highest BCUT2D eigenvalue weighted by atomic mass is 16.6. The molecular weight excluding hydrogens is 216 g/mol. The van der Waals surface area contributed by atoms with E-state index in [4.69, 9.17) is 10.2 Å². The molecule has 90 valence electrons. The van der Waals surface area contributed by atoms with Gasteiger partial charge in [0, 0.05) is 12.2 Å². The number of carbonyl (C=O) groups is 3. The van der Waals surface area contributed by atoms with Crippen LogP contribution in [0.3, 0.4) is 0 Å². The zero-order valence-electron chi connectivity index (χ0n) is 9.04. The monoisotopic (exact) mass is 230 g/mol. The average molecular weight is 230 g/mol. The molecule has 16 heavy (non-hydrogen) atoms. The topological polar surface area (TPSA) is 101 Å². The summed E-state index contributed by atoms with van der Waals surface area (Å²) in [6.07, 6.45) is 2.37. The lowest BCUT2D eigenvalue weighted by Crippen LogP contribution is -2.22. The lowest BCUT2D eigenvalue weighted by atomic mass is 10.4. The molecule has 0 aromatic heterocycles. The molecule has 0 aliphatic carbocycles. The van der Waals surface area contributed by atoms with Gasteiger partial charge in [0.25, 0.3) is 0 Å². The molecule has 1 atom stereocenters. The number of carbonyl (C=O) groups excluding carboxylic acids is 1. The molecule has 0 saturated carbocycles. The van der Waals surface area contributed by atoms with E-state index in [-0.39, 0.29) is 0 Å². The van der Waals surface area contributed by atoms with Crippen molar-refractivity contribution in [1.29, 1.82) is 0 Å². The van der Waals surface area contributed by atoms with Crippen molar-refractivity contribution in [2.75, 3.05) is 0 Å². The van der Waals surface area contributed by atoms with Gasteiger partial charge in [0.15, 0.2) is 6.10 Å². The van der Waals surface area contributed by atoms with E-state index in [0.717, 1.165) is 12.2 Å². The summed E-state index contributed by atoms with van der Waals surface area (Å²) in [7, 11) is 0. The lowest BCUT2D eigenvalue weighted by molar-refractivity contribution is -0.159. The molecular formula is C10H14O6. The molecule has 1 unspecified atom stereocenters. The van der Waals surface area contributed by atoms with Crippen LogP contribution in [-0.2, 0) is 19.1 Å². The molecule has 0 aromatic carbocycles. The molecule has 0 radical (unpaired) electrons. The normalized spacial score (nSPS) is 10.9. The highest BCUT2D eigenvalue weighted by molar-refractivity contribution is 5.84. The fourth-order valence-electron chi connectivity index (χ4n) is 0.415. The zero-order valence-corrected chi connectivity index (χ0v) is 9.04. The van der Waals surface area contributed by atoms with Gasteiger partial charge in [0.1, 0.15) is 0 Å². The summed E-state index contributed by atoms with van der Waals surface area (Å²) in [5.74, 6) is -2.79. The van der Waals surface area contributed by atoms with E-state index in [1.165, 1.54) is 13.0 Å². The third-order valence-electron chi connectivity index (χ3n) is 1.12. The predicted molar refractivity (Wildman–Crippen MR) is 55.8 cm³/mol. The van der Waals surface area contributed by atoms with Gasteiger partial charge in [-0.15, -0.1) is 0 Å². The van der Waals surface area contributed by atoms with Crippen molar-refractivity contribution in [3.05, 3.63) is 24.8 Å². The summed E-state index contributed by atoms with van der Waals surface area (Å²) in [5.41, 5.74) is 0. The van der Waals surface area contributed by atoms with E-state index in [1.807, 2.05) is 0 Å². The summed E-state index contributed by atoms with van der Waals surface area (Å²) in [4.78, 5) is 29.9. The Labute approximate surface area is 92.8 Å². The van der Waals surface area contributed by atoms with Crippen LogP contribution in [0.1, 0.15) is 13.8 Å². The Bertz CT molecular complexity index is 292. The highest BCUT2D eigenvalue weighted by Crippen LogP contribution is 1.90. The third-order valence-corrected chi connectivity index (χ3v) is 1.12. The number of ether oxygens (including phenoxy) is 1. The van der Waals surface area contributed by atoms with Crippen LogP contribution < -0.4 is 0 Å². The zero-order chi connectivity index (χ0) is 13.1. The molecule has 0 aliphatic heterocycles. The van der Waals surface area contributed by atoms with Crippen LogP contribution in [-0.4, -0.2) is 34.2 Å². The fourth-order valence-corrected chi connectivity index (χ4v) is 0.415. The summed E-state index contributed by atoms with van der Waals surface area (Å²) < 4.78 is 4.30. The maximum Gasteiger partial charge on any atom is 0.344 e. The number of carboxylic acid groups (broad SMARTS) is 2. The van der Waals surface area contributed by atoms with Crippen molar-refractivity contribution in [3.8, 4) is 0 Å². The van der Waals surface area contributed by atoms with Gasteiger partial charge in [0.05, 0.1) is 0 Å². The van der Waals surface area contributed by atoms with Crippen LogP contribution in [0, 0.1) is 0 Å². The van der Waals surface area contributed by atoms with Crippen molar-refractivity contribution in [2.24, 2.45) is 0 Å². The van der Waals surface area contributed by atoms with Gasteiger partial charge in [0.2, 0.25) is 0 Å². The molecule has 0 rings (SSSR count). The Balaban J connectivity index is 0. The number of esters is 1. The first kappa shape index (κ1) is 16.3. The predicted octanol–water partition coefficient (Wildman–Crippen LogP) is 0.836. The first-order chi connectivity index (χ1) is 7.34. The Morgan fingerprint density at radius 2 is 1.81 bits per heavy atom. The van der Waals surface area contributed by atoms with Crippen molar-refractivity contribution in [1.82, 2.24) is 0 Å². The van der Waals surface area contributed by atoms with Crippen LogP contribution in [0.5, 0.6) is 0 Å².